The summed E-state index contributed by atoms with van der Waals surface area (Å²) < 4.78 is 2.41. The molecule has 1 aromatic carbocycles. The Morgan fingerprint density at radius 3 is 2.86 bits per heavy atom. The highest BCUT2D eigenvalue weighted by molar-refractivity contribution is 9.26. The lowest BCUT2D eigenvalue weighted by Gasteiger charge is -1.90. The first-order valence-electron chi connectivity index (χ1n) is 3.80. The van der Waals surface area contributed by atoms with Crippen molar-refractivity contribution < 1.29 is 0 Å². The fourth-order valence-electron chi connectivity index (χ4n) is 0.957. The van der Waals surface area contributed by atoms with Gasteiger partial charge >= 0.3 is 0 Å². The number of hydrogen-bond donors (Lipinski definition) is 0. The molecule has 0 aliphatic heterocycles. The number of para-hydroxylation sites is 1. The van der Waals surface area contributed by atoms with E-state index in [1.807, 2.05) is 6.07 Å². The van der Waals surface area contributed by atoms with Crippen molar-refractivity contribution in [2.24, 2.45) is 0 Å². The average Bonchev–Trinajstić information content (AvgIpc) is 2.60. The number of hydrogen-bond acceptors (Lipinski definition) is 6. The molecule has 0 unspecified atom stereocenters. The van der Waals surface area contributed by atoms with Gasteiger partial charge < -0.3 is 0 Å². The van der Waals surface area contributed by atoms with Crippen molar-refractivity contribution in [3.63, 3.8) is 0 Å². The highest BCUT2D eigenvalue weighted by Crippen LogP contribution is 2.47. The van der Waals surface area contributed by atoms with Crippen LogP contribution in [0.2, 0.25) is 0 Å². The molecule has 2 rings (SSSR count). The van der Waals surface area contributed by atoms with E-state index in [4.69, 9.17) is 0 Å². The summed E-state index contributed by atoms with van der Waals surface area (Å²) in [6.45, 7) is 0. The second kappa shape index (κ2) is 5.55. The first kappa shape index (κ1) is 11.0. The van der Waals surface area contributed by atoms with Gasteiger partial charge in [-0.1, -0.05) is 22.9 Å². The molecule has 0 saturated carbocycles. The minimum Gasteiger partial charge on any atom is -0.229 e. The topological polar surface area (TPSA) is 12.9 Å². The molecule has 0 bridgehead atoms. The molecule has 0 aliphatic rings. The number of thiazole rings is 1. The zero-order valence-corrected chi connectivity index (χ0v) is 11.4. The second-order valence-electron chi connectivity index (χ2n) is 2.33. The van der Waals surface area contributed by atoms with Crippen molar-refractivity contribution >= 4 is 62.8 Å². The fraction of sp³-hybridized carbons (Fsp3) is 0.125. The summed E-state index contributed by atoms with van der Waals surface area (Å²) in [4.78, 5) is 4.52. The van der Waals surface area contributed by atoms with Gasteiger partial charge in [0.05, 0.1) is 10.2 Å². The Morgan fingerprint density at radius 2 is 2.07 bits per heavy atom. The molecule has 1 nitrogen and oxygen atoms in total. The summed E-state index contributed by atoms with van der Waals surface area (Å²) in [6.07, 6.45) is 2.08. The van der Waals surface area contributed by atoms with Crippen molar-refractivity contribution in [1.29, 1.82) is 0 Å². The van der Waals surface area contributed by atoms with Crippen LogP contribution < -0.4 is 0 Å². The van der Waals surface area contributed by atoms with Crippen LogP contribution in [0.25, 0.3) is 10.2 Å². The Labute approximate surface area is 102 Å². The molecule has 1 aromatic heterocycles. The third kappa shape index (κ3) is 2.76. The first-order valence-corrected chi connectivity index (χ1v) is 9.84. The van der Waals surface area contributed by atoms with Gasteiger partial charge in [-0.3, -0.25) is 0 Å². The molecule has 6 heteroatoms. The Bertz CT molecular complexity index is 380. The molecule has 0 saturated heterocycles. The minimum atomic E-state index is 1.11. The number of benzene rings is 1. The third-order valence-corrected chi connectivity index (χ3v) is 8.71. The molecule has 74 valence electrons. The maximum absolute atomic E-state index is 4.52. The maximum atomic E-state index is 4.52. The highest BCUT2D eigenvalue weighted by atomic mass is 33.7. The van der Waals surface area contributed by atoms with Gasteiger partial charge in [-0.05, 0) is 48.8 Å². The smallest absolute Gasteiger partial charge is 0.162 e. The van der Waals surface area contributed by atoms with Crippen molar-refractivity contribution in [2.75, 3.05) is 6.26 Å². The predicted octanol–water partition coefficient (Wildman–Crippen LogP) is 4.96. The first-order chi connectivity index (χ1) is 6.90. The van der Waals surface area contributed by atoms with E-state index in [2.05, 4.69) is 29.4 Å². The molecule has 0 spiro atoms. The van der Waals surface area contributed by atoms with E-state index in [1.165, 1.54) is 4.70 Å². The summed E-state index contributed by atoms with van der Waals surface area (Å²) in [5, 5.41) is 0. The largest absolute Gasteiger partial charge is 0.229 e. The molecule has 0 atom stereocenters. The second-order valence-corrected chi connectivity index (χ2v) is 9.55. The molecule has 2 aromatic rings. The van der Waals surface area contributed by atoms with Crippen molar-refractivity contribution in [3.05, 3.63) is 24.3 Å². The number of nitrogens with zero attached hydrogens (tertiary/aromatic N) is 1. The van der Waals surface area contributed by atoms with Crippen LogP contribution in [-0.2, 0) is 0 Å². The third-order valence-electron chi connectivity index (χ3n) is 1.48. The molecule has 14 heavy (non-hydrogen) atoms. The molecule has 0 fully saturated rings. The highest BCUT2D eigenvalue weighted by Gasteiger charge is 2.03. The normalized spacial score (nSPS) is 10.9. The van der Waals surface area contributed by atoms with Crippen LogP contribution in [-0.4, -0.2) is 11.2 Å². The minimum absolute atomic E-state index is 1.11. The SMILES string of the molecule is CSSSSc1nc2ccccc2s1. The van der Waals surface area contributed by atoms with Gasteiger partial charge in [0.2, 0.25) is 0 Å². The van der Waals surface area contributed by atoms with Crippen molar-refractivity contribution in [1.82, 2.24) is 4.98 Å². The molecular formula is C8H7NS5. The molecule has 1 heterocycles. The summed E-state index contributed by atoms with van der Waals surface area (Å²) >= 11 is 1.76. The van der Waals surface area contributed by atoms with Crippen LogP contribution in [0, 0.1) is 0 Å². The van der Waals surface area contributed by atoms with Crippen LogP contribution in [0.3, 0.4) is 0 Å². The Balaban J connectivity index is 2.11. The average molecular weight is 277 g/mol. The zero-order valence-electron chi connectivity index (χ0n) is 7.30. The standard InChI is InChI=1S/C8H7NS5/c1-10-13-14-12-8-9-6-4-2-3-5-7(6)11-8/h2-5H,1H3. The Hall–Kier alpha value is 0.510. The van der Waals surface area contributed by atoms with Gasteiger partial charge in [0.15, 0.2) is 4.34 Å². The van der Waals surface area contributed by atoms with Gasteiger partial charge in [0, 0.05) is 0 Å². The van der Waals surface area contributed by atoms with Gasteiger partial charge in [0.25, 0.3) is 0 Å². The molecule has 0 aliphatic carbocycles. The lowest BCUT2D eigenvalue weighted by Crippen LogP contribution is -1.64. The number of aromatic nitrogens is 1. The monoisotopic (exact) mass is 277 g/mol. The van der Waals surface area contributed by atoms with Crippen LogP contribution in [0.4, 0.5) is 0 Å². The van der Waals surface area contributed by atoms with E-state index >= 15 is 0 Å². The van der Waals surface area contributed by atoms with E-state index in [-0.39, 0.29) is 0 Å². The van der Waals surface area contributed by atoms with Gasteiger partial charge in [-0.2, -0.15) is 0 Å². The van der Waals surface area contributed by atoms with E-state index in [1.54, 1.807) is 52.6 Å². The maximum Gasteiger partial charge on any atom is 0.162 e. The van der Waals surface area contributed by atoms with Gasteiger partial charge in [-0.25, -0.2) is 4.98 Å². The van der Waals surface area contributed by atoms with E-state index in [0.717, 1.165) is 9.86 Å². The molecule has 0 N–H and O–H groups in total. The Kier molecular flexibility index (Phi) is 4.37. The Morgan fingerprint density at radius 1 is 1.21 bits per heavy atom. The quantitative estimate of drug-likeness (QED) is 0.576. The molecule has 0 radical (unpaired) electrons. The number of rotatable bonds is 4. The number of fused-ring (bicyclic) bond motifs is 1. The summed E-state index contributed by atoms with van der Waals surface area (Å²) in [5.74, 6) is 0. The van der Waals surface area contributed by atoms with E-state index in [9.17, 15) is 0 Å². The van der Waals surface area contributed by atoms with Crippen LogP contribution in [0.1, 0.15) is 0 Å². The zero-order chi connectivity index (χ0) is 9.80. The van der Waals surface area contributed by atoms with E-state index in [0.29, 0.717) is 0 Å². The summed E-state index contributed by atoms with van der Waals surface area (Å²) in [6, 6.07) is 8.25. The van der Waals surface area contributed by atoms with Gasteiger partial charge in [-0.15, -0.1) is 11.3 Å². The summed E-state index contributed by atoms with van der Waals surface area (Å²) in [7, 11) is 7.04. The lowest BCUT2D eigenvalue weighted by atomic mass is 10.3. The molecule has 0 amide bonds. The summed E-state index contributed by atoms with van der Waals surface area (Å²) in [5.41, 5.74) is 1.11. The van der Waals surface area contributed by atoms with Crippen LogP contribution >= 0.6 is 52.6 Å². The van der Waals surface area contributed by atoms with Crippen molar-refractivity contribution in [2.45, 2.75) is 4.34 Å². The van der Waals surface area contributed by atoms with Crippen molar-refractivity contribution in [3.8, 4) is 0 Å². The van der Waals surface area contributed by atoms with Crippen LogP contribution in [0.5, 0.6) is 0 Å². The lowest BCUT2D eigenvalue weighted by molar-refractivity contribution is 1.31. The van der Waals surface area contributed by atoms with Crippen LogP contribution in [0.15, 0.2) is 28.6 Å². The predicted molar refractivity (Wildman–Crippen MR) is 74.2 cm³/mol. The van der Waals surface area contributed by atoms with E-state index < -0.39 is 0 Å². The van der Waals surface area contributed by atoms with Gasteiger partial charge in [0.1, 0.15) is 0 Å². The molecular weight excluding hydrogens is 270 g/mol. The fourth-order valence-corrected chi connectivity index (χ4v) is 7.45.